The molecule has 0 aliphatic rings. The zero-order valence-corrected chi connectivity index (χ0v) is 66.4. The van der Waals surface area contributed by atoms with Crippen LogP contribution in [0.1, 0.15) is 0 Å². The molecular weight excluding hydrogens is 2200 g/mol. The van der Waals surface area contributed by atoms with Crippen LogP contribution in [0.4, 0.5) is 0 Å². The molecule has 0 fully saturated rings. The molecule has 0 aromatic rings. The van der Waals surface area contributed by atoms with Gasteiger partial charge in [-0.25, -0.2) is 0 Å². The molecule has 91 heteroatoms. The van der Waals surface area contributed by atoms with Gasteiger partial charge in [-0.1, -0.05) is 0 Å². The first kappa shape index (κ1) is 118. The van der Waals surface area contributed by atoms with Gasteiger partial charge in [-0.2, -0.15) is 0 Å². The van der Waals surface area contributed by atoms with Gasteiger partial charge in [0.1, 0.15) is 0 Å². The third-order valence-electron chi connectivity index (χ3n) is 1.67. The first-order valence-corrected chi connectivity index (χ1v) is 55.0. The van der Waals surface area contributed by atoms with Crippen molar-refractivity contribution < 1.29 is 587 Å². The fourth-order valence-electron chi connectivity index (χ4n) is 1.02. The number of rotatable bonds is 20. The van der Waals surface area contributed by atoms with E-state index in [4.69, 9.17) is 0 Å². The maximum atomic E-state index is 9.38. The fraction of sp³-hybridized carbons (Fsp3) is 0. The second kappa shape index (κ2) is 44.6. The summed E-state index contributed by atoms with van der Waals surface area (Å²) in [6.45, 7) is 0. The van der Waals surface area contributed by atoms with Crippen LogP contribution in [0.3, 0.4) is 0 Å². The van der Waals surface area contributed by atoms with E-state index in [-0.39, 0.29) is 51.4 Å². The van der Waals surface area contributed by atoms with Gasteiger partial charge in [0.25, 0.3) is 0 Å². The van der Waals surface area contributed by atoms with E-state index in [1.165, 1.54) is 0 Å². The van der Waals surface area contributed by atoms with Crippen molar-refractivity contribution in [2.24, 2.45) is 0 Å². The van der Waals surface area contributed by atoms with Crippen LogP contribution in [0.2, 0.25) is 0 Å². The van der Waals surface area contributed by atoms with Gasteiger partial charge < -0.3 is 0 Å². The van der Waals surface area contributed by atoms with Crippen molar-refractivity contribution in [3.05, 3.63) is 0 Å². The molecule has 0 heterocycles. The van der Waals surface area contributed by atoms with E-state index in [0.29, 0.717) is 0 Å². The Kier molecular flexibility index (Phi) is 57.8. The van der Waals surface area contributed by atoms with Crippen LogP contribution in [0.15, 0.2) is 0 Å². The van der Waals surface area contributed by atoms with E-state index in [2.05, 4.69) is 28.4 Å². The van der Waals surface area contributed by atoms with Crippen molar-refractivity contribution in [1.82, 2.24) is 0 Å². The Hall–Kier alpha value is 3.09. The molecule has 0 radical (unpaired) electrons. The summed E-state index contributed by atoms with van der Waals surface area (Å²) in [5.41, 5.74) is 0. The average molecular weight is 2200 g/mol. The van der Waals surface area contributed by atoms with Crippen molar-refractivity contribution >= 4 is 0 Å². The van der Waals surface area contributed by atoms with Crippen molar-refractivity contribution in [1.29, 1.82) is 0 Å². The molecule has 0 amide bonds. The van der Waals surface area contributed by atoms with Crippen LogP contribution in [0.5, 0.6) is 0 Å². The summed E-state index contributed by atoms with van der Waals surface area (Å²) in [6.07, 6.45) is 0. The molecule has 0 aromatic carbocycles. The summed E-state index contributed by atoms with van der Waals surface area (Å²) in [4.78, 5) is 0. The van der Waals surface area contributed by atoms with Crippen LogP contribution in [0, 0.1) is 0 Å². The SMILES string of the molecule is [K+].[O]=[Cr](=[O])([O-])[O][Cr](=[O])(=[O])[O-].[O]=[Cr](=[O])([O-])[O][Cr](=[O])(=[O])[O-].[O]=[Cr](=[O])([O-])[O][Cr](=[O])(=[O])[O-].[O]=[Cr](=[O])([O-])[O][Cr](=[O])(=[O])[O-].[O]=[Cr](=[O])([O-])[O][Cr](=[O])(=[O])[O-].[O]=[Cr](=[O])([O-])[O][Cr](=[O])(=[O])[O-].[O]=[Cr](=[O])([O-])[O][Cr](=[O])(=[O])[O-].[O]=[Cr](=[O])([O-])[O][Cr](=[O])(=[O])[O-].[O]=[Cr](=[O])([O-])[O][Cr](=[O])(=[O])[O-].[O]=[Cr](=[O])([O-])[O][Cr](=[O])(=[O])[O-]. The van der Waals surface area contributed by atoms with Gasteiger partial charge >= 0.3 is 587 Å². The monoisotopic (exact) mass is 2200 g/mol. The fourth-order valence-corrected chi connectivity index (χ4v) is 17.4. The number of hydrogen-bond acceptors (Lipinski definition) is 70. The molecule has 560 valence electrons. The minimum absolute atomic E-state index is 0. The van der Waals surface area contributed by atoms with Gasteiger partial charge in [0, 0.05) is 0 Å². The normalized spacial score (nSPS) is 13.4. The van der Waals surface area contributed by atoms with Crippen LogP contribution < -0.4 is 135 Å². The Morgan fingerprint density at radius 3 is 0.121 bits per heavy atom. The summed E-state index contributed by atoms with van der Waals surface area (Å²) in [5.74, 6) is 0. The minimum atomic E-state index is -6.07. The molecule has 0 rings (SSSR count). The van der Waals surface area contributed by atoms with E-state index in [9.17, 15) is 235 Å². The second-order valence-electron chi connectivity index (χ2n) is 8.85. The predicted molar refractivity (Wildman–Crippen MR) is 38.3 cm³/mol. The van der Waals surface area contributed by atoms with Crippen LogP contribution in [-0.4, -0.2) is 0 Å². The molecule has 0 atom stereocenters. The third-order valence-corrected chi connectivity index (χ3v) is 28.3. The molecule has 0 bridgehead atoms. The molecule has 0 unspecified atom stereocenters. The van der Waals surface area contributed by atoms with E-state index in [1.807, 2.05) is 0 Å². The van der Waals surface area contributed by atoms with Gasteiger partial charge in [-0.05, 0) is 0 Å². The molecule has 0 spiro atoms. The summed E-state index contributed by atoms with van der Waals surface area (Å²) in [5, 5.41) is 0. The Morgan fingerprint density at radius 1 is 0.0989 bits per heavy atom. The van der Waals surface area contributed by atoms with Gasteiger partial charge in [0.05, 0.1) is 0 Å². The molecular formula is Cr20KO70-19. The van der Waals surface area contributed by atoms with Crippen LogP contribution >= 0.6 is 0 Å². The number of hydrogen-bond donors (Lipinski definition) is 0. The predicted octanol–water partition coefficient (Wildman–Crippen LogP) is -32.3. The van der Waals surface area contributed by atoms with E-state index >= 15 is 0 Å². The zero-order chi connectivity index (χ0) is 77.1. The molecule has 0 saturated heterocycles. The average Bonchev–Trinajstić information content (AvgIpc) is 2.88. The van der Waals surface area contributed by atoms with E-state index in [1.54, 1.807) is 0 Å². The van der Waals surface area contributed by atoms with E-state index < -0.39 is 272 Å². The van der Waals surface area contributed by atoms with Crippen molar-refractivity contribution in [3.8, 4) is 0 Å². The summed E-state index contributed by atoms with van der Waals surface area (Å²) < 4.78 is 589. The maximum absolute atomic E-state index is 9.38. The van der Waals surface area contributed by atoms with Crippen molar-refractivity contribution in [2.45, 2.75) is 0 Å². The molecule has 0 aliphatic carbocycles. The molecule has 70 nitrogen and oxygen atoms in total. The van der Waals surface area contributed by atoms with Crippen molar-refractivity contribution in [2.75, 3.05) is 0 Å². The van der Waals surface area contributed by atoms with Gasteiger partial charge in [0.15, 0.2) is 0 Å². The summed E-state index contributed by atoms with van der Waals surface area (Å²) >= 11 is -121. The van der Waals surface area contributed by atoms with E-state index in [0.717, 1.165) is 0 Å². The standard InChI is InChI=1S/20Cr.K.70O/q;;;;;;;;;;;;;;;;;;;;+1;;;;;;;;;;;;;;;;;;;;;;;;;;;;;;;;;;;;;;;;;;;;;;;;;;;20*-1. The van der Waals surface area contributed by atoms with Gasteiger partial charge in [0.2, 0.25) is 0 Å². The first-order valence-electron chi connectivity index (χ1n) is 13.3. The van der Waals surface area contributed by atoms with Gasteiger partial charge in [-0.15, -0.1) is 0 Å². The van der Waals surface area contributed by atoms with Gasteiger partial charge in [-0.3, -0.25) is 0 Å². The Morgan fingerprint density at radius 2 is 0.121 bits per heavy atom. The molecule has 0 N–H and O–H groups in total. The molecule has 0 saturated carbocycles. The molecule has 0 aromatic heterocycles. The first-order chi connectivity index (χ1) is 37.1. The van der Waals surface area contributed by atoms with Crippen LogP contribution in [-0.2, 0) is 453 Å². The third kappa shape index (κ3) is 194. The molecule has 0 aliphatic heterocycles. The Balaban J connectivity index is -0.0000000867. The van der Waals surface area contributed by atoms with Crippen molar-refractivity contribution in [3.63, 3.8) is 0 Å². The summed E-state index contributed by atoms with van der Waals surface area (Å²) in [6, 6.07) is 0. The Bertz CT molecular complexity index is 3360. The second-order valence-corrected chi connectivity index (χ2v) is 45.2. The summed E-state index contributed by atoms with van der Waals surface area (Å²) in [7, 11) is 0. The Labute approximate surface area is 577 Å². The topological polar surface area (TPSA) is 1240 Å². The quantitative estimate of drug-likeness (QED) is 0.102. The zero-order valence-electron chi connectivity index (χ0n) is 37.7. The molecule has 91 heavy (non-hydrogen) atoms. The van der Waals surface area contributed by atoms with Crippen LogP contribution in [0.25, 0.3) is 0 Å².